The normalized spacial score (nSPS) is 32.6. The largest absolute Gasteiger partial charge is 0.396 e. The monoisotopic (exact) mass is 268 g/mol. The SMILES string of the molecule is CCNC1CCCN(CC2CCCCC2CO)C1=O. The van der Waals surface area contributed by atoms with Crippen molar-refractivity contribution in [1.29, 1.82) is 0 Å². The number of hydrogen-bond donors (Lipinski definition) is 2. The molecule has 2 N–H and O–H groups in total. The second-order valence-corrected chi connectivity index (χ2v) is 6.02. The smallest absolute Gasteiger partial charge is 0.239 e. The number of aliphatic hydroxyl groups is 1. The fraction of sp³-hybridized carbons (Fsp3) is 0.933. The topological polar surface area (TPSA) is 52.6 Å². The number of likely N-dealkylation sites (tertiary alicyclic amines) is 1. The number of hydrogen-bond acceptors (Lipinski definition) is 3. The van der Waals surface area contributed by atoms with Gasteiger partial charge >= 0.3 is 0 Å². The Morgan fingerprint density at radius 1 is 1.21 bits per heavy atom. The molecule has 1 aliphatic heterocycles. The summed E-state index contributed by atoms with van der Waals surface area (Å²) in [7, 11) is 0. The van der Waals surface area contributed by atoms with Crippen LogP contribution >= 0.6 is 0 Å². The highest BCUT2D eigenvalue weighted by atomic mass is 16.3. The first-order valence-electron chi connectivity index (χ1n) is 7.89. The zero-order chi connectivity index (χ0) is 13.7. The maximum Gasteiger partial charge on any atom is 0.239 e. The third kappa shape index (κ3) is 3.69. The molecule has 2 fully saturated rings. The fourth-order valence-electron chi connectivity index (χ4n) is 3.61. The third-order valence-electron chi connectivity index (χ3n) is 4.74. The second-order valence-electron chi connectivity index (χ2n) is 6.02. The van der Waals surface area contributed by atoms with E-state index in [-0.39, 0.29) is 18.6 Å². The minimum absolute atomic E-state index is 0.0231. The molecule has 19 heavy (non-hydrogen) atoms. The molecule has 4 nitrogen and oxygen atoms in total. The van der Waals surface area contributed by atoms with Crippen LogP contribution < -0.4 is 5.32 Å². The summed E-state index contributed by atoms with van der Waals surface area (Å²) in [5.41, 5.74) is 0. The van der Waals surface area contributed by atoms with Gasteiger partial charge in [-0.05, 0) is 44.1 Å². The molecule has 1 saturated carbocycles. The Kier molecular flexibility index (Phi) is 5.64. The molecule has 2 aliphatic rings. The molecule has 0 aromatic heterocycles. The van der Waals surface area contributed by atoms with Gasteiger partial charge in [-0.1, -0.05) is 19.8 Å². The summed E-state index contributed by atoms with van der Waals surface area (Å²) < 4.78 is 0. The molecule has 3 atom stereocenters. The van der Waals surface area contributed by atoms with Crippen LogP contribution in [0.3, 0.4) is 0 Å². The van der Waals surface area contributed by atoms with Crippen LogP contribution in [0.15, 0.2) is 0 Å². The molecule has 110 valence electrons. The summed E-state index contributed by atoms with van der Waals surface area (Å²) in [6.07, 6.45) is 6.84. The van der Waals surface area contributed by atoms with Gasteiger partial charge in [0.2, 0.25) is 5.91 Å². The van der Waals surface area contributed by atoms with E-state index in [1.54, 1.807) is 0 Å². The van der Waals surface area contributed by atoms with Crippen LogP contribution in [0.1, 0.15) is 45.4 Å². The second kappa shape index (κ2) is 7.25. The van der Waals surface area contributed by atoms with Gasteiger partial charge in [0, 0.05) is 19.7 Å². The quantitative estimate of drug-likeness (QED) is 0.792. The van der Waals surface area contributed by atoms with E-state index in [0.717, 1.165) is 38.9 Å². The van der Waals surface area contributed by atoms with Crippen molar-refractivity contribution in [2.75, 3.05) is 26.2 Å². The first-order valence-corrected chi connectivity index (χ1v) is 7.89. The van der Waals surface area contributed by atoms with Crippen LogP contribution in [0.4, 0.5) is 0 Å². The number of likely N-dealkylation sites (N-methyl/N-ethyl adjacent to an activating group) is 1. The summed E-state index contributed by atoms with van der Waals surface area (Å²) in [5.74, 6) is 1.18. The number of nitrogens with one attached hydrogen (secondary N) is 1. The number of carbonyl (C=O) groups excluding carboxylic acids is 1. The van der Waals surface area contributed by atoms with Crippen molar-refractivity contribution in [3.05, 3.63) is 0 Å². The number of amides is 1. The molecular formula is C15H28N2O2. The Balaban J connectivity index is 1.91. The van der Waals surface area contributed by atoms with Gasteiger partial charge in [-0.2, -0.15) is 0 Å². The van der Waals surface area contributed by atoms with E-state index < -0.39 is 0 Å². The van der Waals surface area contributed by atoms with E-state index in [4.69, 9.17) is 0 Å². The number of carbonyl (C=O) groups is 1. The Labute approximate surface area is 116 Å². The van der Waals surface area contributed by atoms with E-state index >= 15 is 0 Å². The molecule has 4 heteroatoms. The zero-order valence-corrected chi connectivity index (χ0v) is 12.1. The summed E-state index contributed by atoms with van der Waals surface area (Å²) >= 11 is 0. The van der Waals surface area contributed by atoms with Crippen molar-refractivity contribution in [3.8, 4) is 0 Å². The van der Waals surface area contributed by atoms with E-state index in [9.17, 15) is 9.90 Å². The minimum atomic E-state index is 0.0231. The number of piperidine rings is 1. The molecule has 0 bridgehead atoms. The molecule has 1 saturated heterocycles. The number of nitrogens with zero attached hydrogens (tertiary/aromatic N) is 1. The predicted octanol–water partition coefficient (Wildman–Crippen LogP) is 1.39. The first kappa shape index (κ1) is 14.8. The lowest BCUT2D eigenvalue weighted by molar-refractivity contribution is -0.137. The highest BCUT2D eigenvalue weighted by Gasteiger charge is 2.32. The molecule has 1 amide bonds. The average Bonchev–Trinajstić information content (AvgIpc) is 2.44. The molecular weight excluding hydrogens is 240 g/mol. The summed E-state index contributed by atoms with van der Waals surface area (Å²) in [5, 5.41) is 12.8. The maximum atomic E-state index is 12.4. The Morgan fingerprint density at radius 2 is 1.95 bits per heavy atom. The van der Waals surface area contributed by atoms with E-state index in [1.807, 2.05) is 4.90 Å². The zero-order valence-electron chi connectivity index (χ0n) is 12.1. The number of rotatable bonds is 5. The summed E-state index contributed by atoms with van der Waals surface area (Å²) in [6.45, 7) is 4.94. The lowest BCUT2D eigenvalue weighted by Gasteiger charge is -2.38. The Bertz CT molecular complexity index is 294. The van der Waals surface area contributed by atoms with Crippen molar-refractivity contribution >= 4 is 5.91 Å². The molecule has 1 heterocycles. The lowest BCUT2D eigenvalue weighted by atomic mass is 9.79. The summed E-state index contributed by atoms with van der Waals surface area (Å²) in [6, 6.07) is 0.0231. The van der Waals surface area contributed by atoms with Crippen molar-refractivity contribution in [2.45, 2.75) is 51.5 Å². The molecule has 2 rings (SSSR count). The van der Waals surface area contributed by atoms with Crippen molar-refractivity contribution in [3.63, 3.8) is 0 Å². The van der Waals surface area contributed by atoms with Crippen LogP contribution in [-0.4, -0.2) is 48.2 Å². The first-order chi connectivity index (χ1) is 9.26. The van der Waals surface area contributed by atoms with Gasteiger partial charge in [0.25, 0.3) is 0 Å². The molecule has 0 aromatic rings. The van der Waals surface area contributed by atoms with Gasteiger partial charge in [0.05, 0.1) is 6.04 Å². The lowest BCUT2D eigenvalue weighted by Crippen LogP contribution is -2.52. The van der Waals surface area contributed by atoms with Gasteiger partial charge in [-0.3, -0.25) is 4.79 Å². The standard InChI is InChI=1S/C15H28N2O2/c1-2-16-14-8-5-9-17(15(14)19)10-12-6-3-4-7-13(12)11-18/h12-14,16,18H,2-11H2,1H3. The molecule has 0 radical (unpaired) electrons. The third-order valence-corrected chi connectivity index (χ3v) is 4.74. The van der Waals surface area contributed by atoms with Gasteiger partial charge in [0.1, 0.15) is 0 Å². The minimum Gasteiger partial charge on any atom is -0.396 e. The predicted molar refractivity (Wildman–Crippen MR) is 75.8 cm³/mol. The Hall–Kier alpha value is -0.610. The van der Waals surface area contributed by atoms with Gasteiger partial charge in [-0.25, -0.2) is 0 Å². The van der Waals surface area contributed by atoms with Crippen molar-refractivity contribution < 1.29 is 9.90 Å². The van der Waals surface area contributed by atoms with Crippen LogP contribution in [0.25, 0.3) is 0 Å². The highest BCUT2D eigenvalue weighted by molar-refractivity contribution is 5.82. The number of aliphatic hydroxyl groups excluding tert-OH is 1. The van der Waals surface area contributed by atoms with Gasteiger partial charge in [0.15, 0.2) is 0 Å². The fourth-order valence-corrected chi connectivity index (χ4v) is 3.61. The Morgan fingerprint density at radius 3 is 2.63 bits per heavy atom. The molecule has 0 aromatic carbocycles. The van der Waals surface area contributed by atoms with Crippen LogP contribution in [0.5, 0.6) is 0 Å². The summed E-state index contributed by atoms with van der Waals surface area (Å²) in [4.78, 5) is 14.4. The van der Waals surface area contributed by atoms with E-state index in [1.165, 1.54) is 19.3 Å². The molecule has 1 aliphatic carbocycles. The van der Waals surface area contributed by atoms with E-state index in [0.29, 0.717) is 11.8 Å². The highest BCUT2D eigenvalue weighted by Crippen LogP contribution is 2.31. The van der Waals surface area contributed by atoms with Gasteiger partial charge in [-0.15, -0.1) is 0 Å². The molecule has 0 spiro atoms. The molecule has 3 unspecified atom stereocenters. The maximum absolute atomic E-state index is 12.4. The average molecular weight is 268 g/mol. The van der Waals surface area contributed by atoms with Crippen molar-refractivity contribution in [2.24, 2.45) is 11.8 Å². The van der Waals surface area contributed by atoms with Crippen LogP contribution in [0, 0.1) is 11.8 Å². The van der Waals surface area contributed by atoms with Gasteiger partial charge < -0.3 is 15.3 Å². The van der Waals surface area contributed by atoms with E-state index in [2.05, 4.69) is 12.2 Å². The van der Waals surface area contributed by atoms with Crippen molar-refractivity contribution in [1.82, 2.24) is 10.2 Å². The van der Waals surface area contributed by atoms with Crippen LogP contribution in [0.2, 0.25) is 0 Å². The van der Waals surface area contributed by atoms with Crippen LogP contribution in [-0.2, 0) is 4.79 Å².